The van der Waals surface area contributed by atoms with Crippen molar-refractivity contribution in [1.29, 1.82) is 0 Å². The Morgan fingerprint density at radius 1 is 1.36 bits per heavy atom. The van der Waals surface area contributed by atoms with Crippen LogP contribution in [-0.4, -0.2) is 14.2 Å². The molecule has 0 atom stereocenters. The monoisotopic (exact) mass is 213 g/mol. The van der Waals surface area contributed by atoms with Gasteiger partial charge in [0.05, 0.1) is 4.90 Å². The minimum Gasteiger partial charge on any atom is -0.300 e. The third-order valence-corrected chi connectivity index (χ3v) is 2.73. The van der Waals surface area contributed by atoms with Crippen molar-refractivity contribution >= 4 is 15.8 Å². The van der Waals surface area contributed by atoms with E-state index in [2.05, 4.69) is 0 Å². The quantitative estimate of drug-likeness (QED) is 0.792. The summed E-state index contributed by atoms with van der Waals surface area (Å²) < 4.78 is 22.2. The van der Waals surface area contributed by atoms with E-state index >= 15 is 0 Å². The molecule has 76 valence electrons. The van der Waals surface area contributed by atoms with Crippen molar-refractivity contribution in [1.82, 2.24) is 0 Å². The van der Waals surface area contributed by atoms with Crippen molar-refractivity contribution < 1.29 is 13.2 Å². The number of sulfonamides is 1. The van der Waals surface area contributed by atoms with Crippen LogP contribution in [-0.2, 0) is 21.2 Å². The molecule has 1 rings (SSSR count). The third-order valence-electron chi connectivity index (χ3n) is 1.72. The molecule has 0 aliphatic carbocycles. The molecular formula is C9H11NO3S. The zero-order valence-electron chi connectivity index (χ0n) is 7.73. The summed E-state index contributed by atoms with van der Waals surface area (Å²) in [5.41, 5.74) is 0.447. The van der Waals surface area contributed by atoms with Gasteiger partial charge in [-0.1, -0.05) is 18.2 Å². The van der Waals surface area contributed by atoms with Gasteiger partial charge in [-0.15, -0.1) is 0 Å². The standard InChI is InChI=1S/C9H11NO3S/c1-7(11)6-8-4-2-3-5-9(8)14(10,12)13/h2-5H,6H2,1H3,(H2,10,12,13). The molecule has 1 aromatic carbocycles. The predicted molar refractivity (Wildman–Crippen MR) is 52.2 cm³/mol. The maximum atomic E-state index is 11.1. The normalized spacial score (nSPS) is 11.3. The summed E-state index contributed by atoms with van der Waals surface area (Å²) in [5.74, 6) is -0.0962. The highest BCUT2D eigenvalue weighted by molar-refractivity contribution is 7.89. The predicted octanol–water partition coefficient (Wildman–Crippen LogP) is 0.466. The molecule has 2 N–H and O–H groups in total. The second kappa shape index (κ2) is 3.89. The second-order valence-corrected chi connectivity index (χ2v) is 4.56. The number of hydrogen-bond donors (Lipinski definition) is 1. The fourth-order valence-corrected chi connectivity index (χ4v) is 1.97. The van der Waals surface area contributed by atoms with Crippen LogP contribution in [0.3, 0.4) is 0 Å². The highest BCUT2D eigenvalue weighted by Gasteiger charge is 2.13. The second-order valence-electron chi connectivity index (χ2n) is 3.03. The largest absolute Gasteiger partial charge is 0.300 e. The van der Waals surface area contributed by atoms with Gasteiger partial charge in [-0.3, -0.25) is 4.79 Å². The average Bonchev–Trinajstić information content (AvgIpc) is 2.01. The van der Waals surface area contributed by atoms with Crippen molar-refractivity contribution in [2.24, 2.45) is 5.14 Å². The molecule has 14 heavy (non-hydrogen) atoms. The van der Waals surface area contributed by atoms with E-state index in [1.807, 2.05) is 0 Å². The van der Waals surface area contributed by atoms with E-state index in [0.29, 0.717) is 5.56 Å². The van der Waals surface area contributed by atoms with E-state index in [1.165, 1.54) is 13.0 Å². The van der Waals surface area contributed by atoms with Crippen LogP contribution in [0, 0.1) is 0 Å². The van der Waals surface area contributed by atoms with Gasteiger partial charge in [-0.25, -0.2) is 13.6 Å². The maximum absolute atomic E-state index is 11.1. The molecule has 0 bridgehead atoms. The Kier molecular flexibility index (Phi) is 3.03. The van der Waals surface area contributed by atoms with Gasteiger partial charge in [-0.05, 0) is 18.6 Å². The van der Waals surface area contributed by atoms with E-state index in [0.717, 1.165) is 0 Å². The van der Waals surface area contributed by atoms with Gasteiger partial charge in [0.25, 0.3) is 0 Å². The molecule has 0 aromatic heterocycles. The first-order valence-corrected chi connectivity index (χ1v) is 5.56. The summed E-state index contributed by atoms with van der Waals surface area (Å²) in [6, 6.07) is 6.23. The summed E-state index contributed by atoms with van der Waals surface area (Å²) in [5, 5.41) is 4.99. The van der Waals surface area contributed by atoms with Gasteiger partial charge in [0.2, 0.25) is 10.0 Å². The Balaban J connectivity index is 3.23. The Hall–Kier alpha value is -1.20. The number of Topliss-reactive ketones (excluding diaryl/α,β-unsaturated/α-hetero) is 1. The lowest BCUT2D eigenvalue weighted by atomic mass is 10.1. The number of carbonyl (C=O) groups excluding carboxylic acids is 1. The maximum Gasteiger partial charge on any atom is 0.238 e. The fourth-order valence-electron chi connectivity index (χ4n) is 1.20. The van der Waals surface area contributed by atoms with Crippen molar-refractivity contribution in [3.8, 4) is 0 Å². The molecule has 4 nitrogen and oxygen atoms in total. The molecule has 0 saturated carbocycles. The number of ketones is 1. The first-order valence-electron chi connectivity index (χ1n) is 4.01. The number of benzene rings is 1. The van der Waals surface area contributed by atoms with Crippen LogP contribution in [0.25, 0.3) is 0 Å². The summed E-state index contributed by atoms with van der Waals surface area (Å²) in [7, 11) is -3.73. The van der Waals surface area contributed by atoms with E-state index in [1.54, 1.807) is 18.2 Å². The average molecular weight is 213 g/mol. The van der Waals surface area contributed by atoms with Crippen molar-refractivity contribution in [2.75, 3.05) is 0 Å². The van der Waals surface area contributed by atoms with Crippen LogP contribution < -0.4 is 5.14 Å². The molecule has 0 fully saturated rings. The van der Waals surface area contributed by atoms with Crippen LogP contribution in [0.4, 0.5) is 0 Å². The first-order chi connectivity index (χ1) is 6.41. The number of carbonyl (C=O) groups is 1. The highest BCUT2D eigenvalue weighted by Crippen LogP contribution is 2.14. The molecule has 0 heterocycles. The Labute approximate surface area is 82.8 Å². The lowest BCUT2D eigenvalue weighted by Gasteiger charge is -2.04. The lowest BCUT2D eigenvalue weighted by Crippen LogP contribution is -2.15. The molecule has 0 spiro atoms. The highest BCUT2D eigenvalue weighted by atomic mass is 32.2. The molecule has 0 amide bonds. The molecule has 0 saturated heterocycles. The summed E-state index contributed by atoms with van der Waals surface area (Å²) in [6.45, 7) is 1.40. The molecular weight excluding hydrogens is 202 g/mol. The Bertz CT molecular complexity index is 451. The number of nitrogens with two attached hydrogens (primary N) is 1. The molecule has 5 heteroatoms. The van der Waals surface area contributed by atoms with Crippen LogP contribution in [0.15, 0.2) is 29.2 Å². The SMILES string of the molecule is CC(=O)Cc1ccccc1S(N)(=O)=O. The number of rotatable bonds is 3. The fraction of sp³-hybridized carbons (Fsp3) is 0.222. The van der Waals surface area contributed by atoms with Gasteiger partial charge in [0.15, 0.2) is 0 Å². The minimum atomic E-state index is -3.73. The minimum absolute atomic E-state index is 0.0233. The van der Waals surface area contributed by atoms with E-state index in [4.69, 9.17) is 5.14 Å². The van der Waals surface area contributed by atoms with E-state index in [9.17, 15) is 13.2 Å². The summed E-state index contributed by atoms with van der Waals surface area (Å²) in [4.78, 5) is 10.9. The number of primary sulfonamides is 1. The molecule has 0 aliphatic rings. The van der Waals surface area contributed by atoms with Crippen LogP contribution in [0.2, 0.25) is 0 Å². The zero-order chi connectivity index (χ0) is 10.8. The van der Waals surface area contributed by atoms with Crippen LogP contribution in [0.1, 0.15) is 12.5 Å². The summed E-state index contributed by atoms with van der Waals surface area (Å²) in [6.07, 6.45) is 0.0899. The third kappa shape index (κ3) is 2.65. The molecule has 0 aliphatic heterocycles. The topological polar surface area (TPSA) is 77.2 Å². The van der Waals surface area contributed by atoms with Crippen molar-refractivity contribution in [2.45, 2.75) is 18.2 Å². The molecule has 0 radical (unpaired) electrons. The van der Waals surface area contributed by atoms with Gasteiger partial charge >= 0.3 is 0 Å². The van der Waals surface area contributed by atoms with Gasteiger partial charge in [0, 0.05) is 6.42 Å². The van der Waals surface area contributed by atoms with Crippen LogP contribution >= 0.6 is 0 Å². The van der Waals surface area contributed by atoms with Crippen molar-refractivity contribution in [3.05, 3.63) is 29.8 Å². The van der Waals surface area contributed by atoms with Gasteiger partial charge in [-0.2, -0.15) is 0 Å². The smallest absolute Gasteiger partial charge is 0.238 e. The van der Waals surface area contributed by atoms with Crippen molar-refractivity contribution in [3.63, 3.8) is 0 Å². The van der Waals surface area contributed by atoms with Crippen LogP contribution in [0.5, 0.6) is 0 Å². The first kappa shape index (κ1) is 10.9. The summed E-state index contributed by atoms with van der Waals surface area (Å²) >= 11 is 0. The zero-order valence-corrected chi connectivity index (χ0v) is 8.54. The molecule has 0 unspecified atom stereocenters. The lowest BCUT2D eigenvalue weighted by molar-refractivity contribution is -0.116. The van der Waals surface area contributed by atoms with Gasteiger partial charge < -0.3 is 0 Å². The van der Waals surface area contributed by atoms with Gasteiger partial charge in [0.1, 0.15) is 5.78 Å². The Morgan fingerprint density at radius 2 is 1.93 bits per heavy atom. The Morgan fingerprint density at radius 3 is 2.43 bits per heavy atom. The molecule has 1 aromatic rings. The van der Waals surface area contributed by atoms with E-state index in [-0.39, 0.29) is 17.1 Å². The number of hydrogen-bond acceptors (Lipinski definition) is 3. The van der Waals surface area contributed by atoms with E-state index < -0.39 is 10.0 Å².